The van der Waals surface area contributed by atoms with Crippen LogP contribution in [0.4, 0.5) is 5.69 Å². The summed E-state index contributed by atoms with van der Waals surface area (Å²) in [6.07, 6.45) is 1.66. The lowest BCUT2D eigenvalue weighted by molar-refractivity contribution is -0.123. The minimum absolute atomic E-state index is 0.213. The van der Waals surface area contributed by atoms with Crippen LogP contribution in [-0.2, 0) is 21.2 Å². The van der Waals surface area contributed by atoms with E-state index in [9.17, 15) is 13.2 Å². The SMILES string of the molecule is C[C@@H](C(=O)NC(C)(C)Cc1ccccc1)N(c1ccc(Cl)c(Cl)c1)S(C)(=O)=O. The Morgan fingerprint density at radius 3 is 2.25 bits per heavy atom. The third kappa shape index (κ3) is 5.87. The Bertz CT molecular complexity index is 947. The maximum Gasteiger partial charge on any atom is 0.244 e. The van der Waals surface area contributed by atoms with Gasteiger partial charge in [0.15, 0.2) is 0 Å². The molecule has 0 unspecified atom stereocenters. The van der Waals surface area contributed by atoms with Crippen LogP contribution in [0.3, 0.4) is 0 Å². The highest BCUT2D eigenvalue weighted by atomic mass is 35.5. The number of nitrogens with one attached hydrogen (secondary N) is 1. The second kappa shape index (κ2) is 8.72. The molecule has 2 aromatic rings. The van der Waals surface area contributed by atoms with Gasteiger partial charge in [0.25, 0.3) is 0 Å². The van der Waals surface area contributed by atoms with Crippen molar-refractivity contribution >= 4 is 44.8 Å². The first-order chi connectivity index (χ1) is 12.9. The zero-order chi connectivity index (χ0) is 21.1. The Morgan fingerprint density at radius 1 is 1.11 bits per heavy atom. The zero-order valence-electron chi connectivity index (χ0n) is 16.2. The highest BCUT2D eigenvalue weighted by Gasteiger charge is 2.32. The van der Waals surface area contributed by atoms with E-state index >= 15 is 0 Å². The molecular weight excluding hydrogens is 419 g/mol. The van der Waals surface area contributed by atoms with Gasteiger partial charge in [-0.2, -0.15) is 0 Å². The van der Waals surface area contributed by atoms with Crippen molar-refractivity contribution in [2.24, 2.45) is 0 Å². The fourth-order valence-corrected chi connectivity index (χ4v) is 4.48. The number of amides is 1. The molecule has 0 aliphatic carbocycles. The third-order valence-electron chi connectivity index (χ3n) is 4.20. The van der Waals surface area contributed by atoms with Crippen LogP contribution in [0.2, 0.25) is 10.0 Å². The van der Waals surface area contributed by atoms with Crippen LogP contribution >= 0.6 is 23.2 Å². The number of carbonyl (C=O) groups is 1. The molecule has 0 saturated carbocycles. The van der Waals surface area contributed by atoms with Gasteiger partial charge in [0.05, 0.1) is 22.0 Å². The van der Waals surface area contributed by atoms with Gasteiger partial charge in [-0.25, -0.2) is 8.42 Å². The lowest BCUT2D eigenvalue weighted by Gasteiger charge is -2.33. The molecule has 0 saturated heterocycles. The van der Waals surface area contributed by atoms with E-state index in [1.807, 2.05) is 44.2 Å². The molecule has 0 aliphatic heterocycles. The number of nitrogens with zero attached hydrogens (tertiary/aromatic N) is 1. The summed E-state index contributed by atoms with van der Waals surface area (Å²) in [5, 5.41) is 3.47. The Kier molecular flexibility index (Phi) is 7.02. The molecule has 0 bridgehead atoms. The zero-order valence-corrected chi connectivity index (χ0v) is 18.6. The molecule has 0 radical (unpaired) electrons. The largest absolute Gasteiger partial charge is 0.349 e. The molecule has 5 nitrogen and oxygen atoms in total. The number of anilines is 1. The van der Waals surface area contributed by atoms with Crippen LogP contribution in [0.25, 0.3) is 0 Å². The van der Waals surface area contributed by atoms with Gasteiger partial charge < -0.3 is 5.32 Å². The van der Waals surface area contributed by atoms with E-state index in [0.29, 0.717) is 11.4 Å². The summed E-state index contributed by atoms with van der Waals surface area (Å²) < 4.78 is 25.8. The topological polar surface area (TPSA) is 66.5 Å². The molecule has 0 aliphatic rings. The molecule has 1 N–H and O–H groups in total. The lowest BCUT2D eigenvalue weighted by atomic mass is 9.94. The van der Waals surface area contributed by atoms with Gasteiger partial charge >= 0.3 is 0 Å². The van der Waals surface area contributed by atoms with Gasteiger partial charge in [0, 0.05) is 5.54 Å². The smallest absolute Gasteiger partial charge is 0.244 e. The first-order valence-electron chi connectivity index (χ1n) is 8.71. The highest BCUT2D eigenvalue weighted by molar-refractivity contribution is 7.92. The van der Waals surface area contributed by atoms with Crippen molar-refractivity contribution in [3.05, 3.63) is 64.1 Å². The summed E-state index contributed by atoms with van der Waals surface area (Å²) in [4.78, 5) is 12.9. The number of hydrogen-bond donors (Lipinski definition) is 1. The summed E-state index contributed by atoms with van der Waals surface area (Å²) in [5.41, 5.74) is 0.790. The Labute approximate surface area is 176 Å². The van der Waals surface area contributed by atoms with Crippen molar-refractivity contribution in [1.82, 2.24) is 5.32 Å². The quantitative estimate of drug-likeness (QED) is 0.695. The second-order valence-electron chi connectivity index (χ2n) is 7.37. The van der Waals surface area contributed by atoms with E-state index in [4.69, 9.17) is 23.2 Å². The van der Waals surface area contributed by atoms with E-state index in [1.54, 1.807) is 0 Å². The van der Waals surface area contributed by atoms with Crippen LogP contribution in [-0.4, -0.2) is 32.2 Å². The molecule has 2 rings (SSSR count). The van der Waals surface area contributed by atoms with Crippen molar-refractivity contribution in [2.75, 3.05) is 10.6 Å². The summed E-state index contributed by atoms with van der Waals surface area (Å²) in [7, 11) is -3.74. The lowest BCUT2D eigenvalue weighted by Crippen LogP contribution is -2.54. The van der Waals surface area contributed by atoms with Gasteiger partial charge in [-0.15, -0.1) is 0 Å². The van der Waals surface area contributed by atoms with Crippen molar-refractivity contribution in [2.45, 2.75) is 38.8 Å². The van der Waals surface area contributed by atoms with E-state index in [2.05, 4.69) is 5.32 Å². The van der Waals surface area contributed by atoms with Crippen LogP contribution in [0, 0.1) is 0 Å². The fraction of sp³-hybridized carbons (Fsp3) is 0.350. The molecule has 0 aromatic heterocycles. The molecule has 2 aromatic carbocycles. The van der Waals surface area contributed by atoms with Gasteiger partial charge in [-0.3, -0.25) is 9.10 Å². The van der Waals surface area contributed by atoms with Crippen molar-refractivity contribution in [3.8, 4) is 0 Å². The summed E-state index contributed by atoms with van der Waals surface area (Å²) in [6.45, 7) is 5.33. The predicted molar refractivity (Wildman–Crippen MR) is 116 cm³/mol. The minimum Gasteiger partial charge on any atom is -0.349 e. The van der Waals surface area contributed by atoms with Crippen molar-refractivity contribution in [3.63, 3.8) is 0 Å². The normalized spacial score (nSPS) is 13.1. The molecule has 8 heteroatoms. The number of sulfonamides is 1. The number of hydrogen-bond acceptors (Lipinski definition) is 3. The molecule has 0 heterocycles. The van der Waals surface area contributed by atoms with Gasteiger partial charge in [-0.1, -0.05) is 53.5 Å². The first kappa shape index (κ1) is 22.5. The monoisotopic (exact) mass is 442 g/mol. The fourth-order valence-electron chi connectivity index (χ4n) is 3.02. The van der Waals surface area contributed by atoms with Gasteiger partial charge in [0.1, 0.15) is 6.04 Å². The van der Waals surface area contributed by atoms with Gasteiger partial charge in [0.2, 0.25) is 15.9 Å². The Balaban J connectivity index is 2.25. The highest BCUT2D eigenvalue weighted by Crippen LogP contribution is 2.29. The number of halogens is 2. The van der Waals surface area contributed by atoms with Gasteiger partial charge in [-0.05, 0) is 51.0 Å². The average Bonchev–Trinajstić information content (AvgIpc) is 2.57. The maximum atomic E-state index is 12.9. The number of carbonyl (C=O) groups excluding carboxylic acids is 1. The van der Waals surface area contributed by atoms with E-state index in [0.717, 1.165) is 16.1 Å². The number of rotatable bonds is 7. The predicted octanol–water partition coefficient (Wildman–Crippen LogP) is 4.29. The first-order valence-corrected chi connectivity index (χ1v) is 11.3. The maximum absolute atomic E-state index is 12.9. The summed E-state index contributed by atoms with van der Waals surface area (Å²) in [5.74, 6) is -0.405. The van der Waals surface area contributed by atoms with Crippen molar-refractivity contribution in [1.29, 1.82) is 0 Å². The molecule has 1 amide bonds. The average molecular weight is 443 g/mol. The molecule has 152 valence electrons. The molecule has 0 fully saturated rings. The molecule has 1 atom stereocenters. The van der Waals surface area contributed by atoms with Crippen LogP contribution < -0.4 is 9.62 Å². The molecular formula is C20H24Cl2N2O3S. The Hall–Kier alpha value is -1.76. The van der Waals surface area contributed by atoms with Crippen LogP contribution in [0.1, 0.15) is 26.3 Å². The number of benzene rings is 2. The summed E-state index contributed by atoms with van der Waals surface area (Å²) >= 11 is 12.0. The third-order valence-corrected chi connectivity index (χ3v) is 6.18. The van der Waals surface area contributed by atoms with E-state index < -0.39 is 27.5 Å². The summed E-state index contributed by atoms with van der Waals surface area (Å²) in [6, 6.07) is 13.3. The van der Waals surface area contributed by atoms with Crippen LogP contribution in [0.5, 0.6) is 0 Å². The standard InChI is InChI=1S/C20H24Cl2N2O3S/c1-14(19(25)23-20(2,3)13-15-8-6-5-7-9-15)24(28(4,26)27)16-10-11-17(21)18(22)12-16/h5-12,14H,13H2,1-4H3,(H,23,25)/t14-/m0/s1. The second-order valence-corrected chi connectivity index (χ2v) is 10.0. The Morgan fingerprint density at radius 2 is 1.71 bits per heavy atom. The van der Waals surface area contributed by atoms with E-state index in [-0.39, 0.29) is 10.7 Å². The minimum atomic E-state index is -3.74. The van der Waals surface area contributed by atoms with E-state index in [1.165, 1.54) is 25.1 Å². The molecule has 0 spiro atoms. The van der Waals surface area contributed by atoms with Crippen LogP contribution in [0.15, 0.2) is 48.5 Å². The van der Waals surface area contributed by atoms with Crippen molar-refractivity contribution < 1.29 is 13.2 Å². The molecule has 28 heavy (non-hydrogen) atoms.